The lowest BCUT2D eigenvalue weighted by Crippen LogP contribution is -2.57. The van der Waals surface area contributed by atoms with Gasteiger partial charge in [-0.15, -0.1) is 0 Å². The third kappa shape index (κ3) is 9.46. The van der Waals surface area contributed by atoms with Crippen LogP contribution in [0.2, 0.25) is 0 Å². The lowest BCUT2D eigenvalue weighted by atomic mass is 9.85. The van der Waals surface area contributed by atoms with Gasteiger partial charge in [-0.1, -0.05) is 39.0 Å². The highest BCUT2D eigenvalue weighted by Crippen LogP contribution is 2.22. The molecule has 1 fully saturated rings. The summed E-state index contributed by atoms with van der Waals surface area (Å²) >= 11 is 0. The fourth-order valence-electron chi connectivity index (χ4n) is 3.88. The summed E-state index contributed by atoms with van der Waals surface area (Å²) in [5, 5.41) is 16.2. The number of rotatable bonds is 13. The molecular weight excluding hydrogens is 452 g/mol. The van der Waals surface area contributed by atoms with Crippen LogP contribution < -0.4 is 15.4 Å². The summed E-state index contributed by atoms with van der Waals surface area (Å²) in [5.41, 5.74) is -0.559. The van der Waals surface area contributed by atoms with E-state index < -0.39 is 29.3 Å². The van der Waals surface area contributed by atoms with E-state index in [0.717, 1.165) is 13.1 Å². The Hall–Kier alpha value is -2.69. The minimum Gasteiger partial charge on any atom is -0.494 e. The summed E-state index contributed by atoms with van der Waals surface area (Å²) in [7, 11) is 0. The van der Waals surface area contributed by atoms with Crippen LogP contribution >= 0.6 is 0 Å². The summed E-state index contributed by atoms with van der Waals surface area (Å²) in [6.45, 7) is 11.6. The quantitative estimate of drug-likeness (QED) is 0.216. The zero-order valence-electron chi connectivity index (χ0n) is 21.2. The van der Waals surface area contributed by atoms with E-state index in [4.69, 9.17) is 9.47 Å². The van der Waals surface area contributed by atoms with Gasteiger partial charge in [0.15, 0.2) is 0 Å². The zero-order chi connectivity index (χ0) is 25.8. The van der Waals surface area contributed by atoms with Crippen LogP contribution in [0.15, 0.2) is 30.3 Å². The van der Waals surface area contributed by atoms with Crippen molar-refractivity contribution in [3.8, 4) is 5.75 Å². The van der Waals surface area contributed by atoms with Crippen molar-refractivity contribution in [2.75, 3.05) is 46.0 Å². The van der Waals surface area contributed by atoms with E-state index in [0.29, 0.717) is 37.1 Å². The van der Waals surface area contributed by atoms with Crippen molar-refractivity contribution in [1.29, 1.82) is 0 Å². The Morgan fingerprint density at radius 1 is 1.20 bits per heavy atom. The molecule has 10 heteroatoms. The lowest BCUT2D eigenvalue weighted by Gasteiger charge is -2.34. The highest BCUT2D eigenvalue weighted by Gasteiger charge is 2.36. The van der Waals surface area contributed by atoms with E-state index in [1.54, 1.807) is 19.1 Å². The molecule has 0 aromatic heterocycles. The first-order valence-corrected chi connectivity index (χ1v) is 12.1. The van der Waals surface area contributed by atoms with Gasteiger partial charge in [0.1, 0.15) is 11.8 Å². The van der Waals surface area contributed by atoms with Crippen molar-refractivity contribution >= 4 is 18.2 Å². The van der Waals surface area contributed by atoms with E-state index in [2.05, 4.69) is 15.5 Å². The van der Waals surface area contributed by atoms with Crippen molar-refractivity contribution in [2.24, 2.45) is 11.3 Å². The second kappa shape index (κ2) is 14.0. The smallest absolute Gasteiger partial charge is 0.243 e. The highest BCUT2D eigenvalue weighted by molar-refractivity contribution is 5.89. The predicted octanol–water partition coefficient (Wildman–Crippen LogP) is 1.29. The van der Waals surface area contributed by atoms with E-state index >= 15 is 0 Å². The molecule has 1 saturated heterocycles. The molecule has 3 atom stereocenters. The number of carbonyl (C=O) groups excluding carboxylic acids is 3. The van der Waals surface area contributed by atoms with Gasteiger partial charge in [0.05, 0.1) is 31.8 Å². The van der Waals surface area contributed by atoms with E-state index in [1.165, 1.54) is 0 Å². The van der Waals surface area contributed by atoms with E-state index in [9.17, 15) is 19.6 Å². The van der Waals surface area contributed by atoms with Crippen LogP contribution in [-0.2, 0) is 19.1 Å². The monoisotopic (exact) mass is 492 g/mol. The molecule has 0 unspecified atom stereocenters. The second-order valence-electron chi connectivity index (χ2n) is 9.84. The molecule has 1 aromatic carbocycles. The molecule has 0 spiro atoms. The van der Waals surface area contributed by atoms with Crippen molar-refractivity contribution < 1.29 is 29.1 Å². The van der Waals surface area contributed by atoms with Gasteiger partial charge < -0.3 is 20.1 Å². The lowest BCUT2D eigenvalue weighted by molar-refractivity contribution is -0.166. The molecule has 10 nitrogen and oxygen atoms in total. The molecular formula is C25H40N4O6. The number of nitrogens with zero attached hydrogens (tertiary/aromatic N) is 2. The molecule has 35 heavy (non-hydrogen) atoms. The number of hydrogen-bond acceptors (Lipinski definition) is 7. The molecule has 0 bridgehead atoms. The van der Waals surface area contributed by atoms with Gasteiger partial charge in [-0.3, -0.25) is 24.5 Å². The van der Waals surface area contributed by atoms with Gasteiger partial charge >= 0.3 is 0 Å². The van der Waals surface area contributed by atoms with Gasteiger partial charge in [-0.05, 0) is 30.9 Å². The van der Waals surface area contributed by atoms with Gasteiger partial charge in [0.25, 0.3) is 0 Å². The Morgan fingerprint density at radius 2 is 1.86 bits per heavy atom. The molecule has 196 valence electrons. The summed E-state index contributed by atoms with van der Waals surface area (Å²) in [5.74, 6) is -0.844. The molecule has 2 rings (SSSR count). The van der Waals surface area contributed by atoms with Crippen LogP contribution in [0, 0.1) is 11.3 Å². The first-order chi connectivity index (χ1) is 16.6. The third-order valence-corrected chi connectivity index (χ3v) is 6.13. The van der Waals surface area contributed by atoms with Crippen molar-refractivity contribution in [3.63, 3.8) is 0 Å². The number of carbonyl (C=O) groups is 3. The minimum absolute atomic E-state index is 0.199. The SMILES string of the molecule is C[C@@H]([C@@H](CCOc1ccccc1)C(=O)N[C@H](C(=O)NCCN1CCOCC1)C(C)(C)C)N(O)C=O. The standard InChI is InChI=1S/C25H40N4O6/c1-19(29(33)18-30)21(10-15-35-20-8-6-5-7-9-20)23(31)27-22(25(2,3)4)24(32)26-11-12-28-13-16-34-17-14-28/h5-9,18-19,21-22,33H,10-17H2,1-4H3,(H,26,32)(H,27,31)/t19-,21+,22+/m0/s1. The Labute approximate surface area is 207 Å². The summed E-state index contributed by atoms with van der Waals surface area (Å²) < 4.78 is 11.1. The van der Waals surface area contributed by atoms with Crippen molar-refractivity contribution in [2.45, 2.75) is 46.2 Å². The van der Waals surface area contributed by atoms with Crippen molar-refractivity contribution in [1.82, 2.24) is 20.6 Å². The maximum Gasteiger partial charge on any atom is 0.243 e. The normalized spacial score (nSPS) is 17.1. The first-order valence-electron chi connectivity index (χ1n) is 12.1. The Bertz CT molecular complexity index is 795. The first kappa shape index (κ1) is 28.5. The molecule has 0 aliphatic carbocycles. The number of morpholine rings is 1. The summed E-state index contributed by atoms with van der Waals surface area (Å²) in [6.07, 6.45) is 0.505. The van der Waals surface area contributed by atoms with E-state index in [-0.39, 0.29) is 25.3 Å². The topological polar surface area (TPSA) is 120 Å². The van der Waals surface area contributed by atoms with Crippen LogP contribution in [0.5, 0.6) is 5.75 Å². The molecule has 3 amide bonds. The summed E-state index contributed by atoms with van der Waals surface area (Å²) in [4.78, 5) is 39.7. The highest BCUT2D eigenvalue weighted by atomic mass is 16.5. The predicted molar refractivity (Wildman–Crippen MR) is 131 cm³/mol. The van der Waals surface area contributed by atoms with E-state index in [1.807, 2.05) is 39.0 Å². The number of benzene rings is 1. The van der Waals surface area contributed by atoms with Crippen molar-refractivity contribution in [3.05, 3.63) is 30.3 Å². The van der Waals surface area contributed by atoms with Gasteiger partial charge in [0, 0.05) is 26.2 Å². The number of amides is 3. The van der Waals surface area contributed by atoms with Crippen LogP contribution in [0.25, 0.3) is 0 Å². The molecule has 1 aromatic rings. The average Bonchev–Trinajstić information content (AvgIpc) is 2.84. The maximum absolute atomic E-state index is 13.3. The Balaban J connectivity index is 2.01. The summed E-state index contributed by atoms with van der Waals surface area (Å²) in [6, 6.07) is 7.56. The number of para-hydroxylation sites is 1. The number of hydroxylamine groups is 2. The Kier molecular flexibility index (Phi) is 11.4. The zero-order valence-corrected chi connectivity index (χ0v) is 21.2. The minimum atomic E-state index is -0.808. The molecule has 0 saturated carbocycles. The molecule has 1 aliphatic heterocycles. The van der Waals surface area contributed by atoms with Gasteiger partial charge in [-0.2, -0.15) is 0 Å². The van der Waals surface area contributed by atoms with Crippen LogP contribution in [0.1, 0.15) is 34.1 Å². The maximum atomic E-state index is 13.3. The molecule has 1 heterocycles. The second-order valence-corrected chi connectivity index (χ2v) is 9.84. The average molecular weight is 493 g/mol. The molecule has 1 aliphatic rings. The fourth-order valence-corrected chi connectivity index (χ4v) is 3.88. The fraction of sp³-hybridized carbons (Fsp3) is 0.640. The number of nitrogens with one attached hydrogen (secondary N) is 2. The largest absolute Gasteiger partial charge is 0.494 e. The Morgan fingerprint density at radius 3 is 2.46 bits per heavy atom. The van der Waals surface area contributed by atoms with Crippen LogP contribution in [0.3, 0.4) is 0 Å². The van der Waals surface area contributed by atoms with Gasteiger partial charge in [-0.25, -0.2) is 5.06 Å². The third-order valence-electron chi connectivity index (χ3n) is 6.13. The number of hydrogen-bond donors (Lipinski definition) is 3. The van der Waals surface area contributed by atoms with Gasteiger partial charge in [0.2, 0.25) is 18.2 Å². The van der Waals surface area contributed by atoms with Crippen LogP contribution in [0.4, 0.5) is 0 Å². The molecule has 3 N–H and O–H groups in total. The van der Waals surface area contributed by atoms with Crippen LogP contribution in [-0.4, -0.2) is 91.5 Å². The number of ether oxygens (including phenoxy) is 2. The molecule has 0 radical (unpaired) electrons.